The zero-order chi connectivity index (χ0) is 17.6. The van der Waals surface area contributed by atoms with Gasteiger partial charge in [-0.1, -0.05) is 15.9 Å². The fourth-order valence-corrected chi connectivity index (χ4v) is 3.21. The number of sulfonamides is 1. The second-order valence-corrected chi connectivity index (χ2v) is 7.48. The van der Waals surface area contributed by atoms with Crippen molar-refractivity contribution < 1.29 is 17.9 Å². The van der Waals surface area contributed by atoms with Crippen LogP contribution < -0.4 is 10.0 Å². The van der Waals surface area contributed by atoms with Gasteiger partial charge in [0.1, 0.15) is 0 Å². The van der Waals surface area contributed by atoms with E-state index in [9.17, 15) is 13.2 Å². The van der Waals surface area contributed by atoms with Crippen LogP contribution in [0.4, 0.5) is 5.69 Å². The van der Waals surface area contributed by atoms with Gasteiger partial charge in [-0.05, 0) is 48.5 Å². The Balaban J connectivity index is 2.05. The third kappa shape index (κ3) is 5.05. The molecule has 0 bridgehead atoms. The summed E-state index contributed by atoms with van der Waals surface area (Å²) in [7, 11) is -2.11. The van der Waals surface area contributed by atoms with Gasteiger partial charge in [-0.2, -0.15) is 0 Å². The van der Waals surface area contributed by atoms with E-state index in [4.69, 9.17) is 4.74 Å². The standard InChI is InChI=1S/C16H17BrN2O4S/c1-23-11-10-18-16(20)12-2-6-14(7-3-12)19-24(21,22)15-8-4-13(17)5-9-15/h2-9,19H,10-11H2,1H3,(H,18,20). The van der Waals surface area contributed by atoms with E-state index < -0.39 is 10.0 Å². The van der Waals surface area contributed by atoms with Crippen molar-refractivity contribution in [3.8, 4) is 0 Å². The Morgan fingerprint density at radius 3 is 2.29 bits per heavy atom. The lowest BCUT2D eigenvalue weighted by atomic mass is 10.2. The molecule has 0 aliphatic heterocycles. The number of hydrogen-bond acceptors (Lipinski definition) is 4. The molecule has 0 saturated carbocycles. The highest BCUT2D eigenvalue weighted by molar-refractivity contribution is 9.10. The Labute approximate surface area is 149 Å². The molecule has 0 saturated heterocycles. The number of nitrogens with one attached hydrogen (secondary N) is 2. The minimum atomic E-state index is -3.67. The van der Waals surface area contributed by atoms with Crippen LogP contribution in [0.5, 0.6) is 0 Å². The second-order valence-electron chi connectivity index (χ2n) is 4.89. The van der Waals surface area contributed by atoms with E-state index in [1.807, 2.05) is 0 Å². The van der Waals surface area contributed by atoms with Gasteiger partial charge in [0.2, 0.25) is 0 Å². The molecule has 2 aromatic carbocycles. The van der Waals surface area contributed by atoms with Gasteiger partial charge < -0.3 is 10.1 Å². The molecule has 1 amide bonds. The van der Waals surface area contributed by atoms with E-state index in [1.54, 1.807) is 43.5 Å². The number of benzene rings is 2. The van der Waals surface area contributed by atoms with Crippen molar-refractivity contribution in [2.24, 2.45) is 0 Å². The van der Waals surface area contributed by atoms with Gasteiger partial charge in [0, 0.05) is 29.4 Å². The Bertz CT molecular complexity index is 790. The monoisotopic (exact) mass is 412 g/mol. The van der Waals surface area contributed by atoms with Crippen molar-refractivity contribution >= 4 is 37.5 Å². The molecule has 6 nitrogen and oxygen atoms in total. The summed E-state index contributed by atoms with van der Waals surface area (Å²) in [4.78, 5) is 12.0. The van der Waals surface area contributed by atoms with Crippen LogP contribution in [0, 0.1) is 0 Å². The number of rotatable bonds is 7. The first-order chi connectivity index (χ1) is 11.4. The number of carbonyl (C=O) groups is 1. The molecule has 8 heteroatoms. The first-order valence-corrected chi connectivity index (χ1v) is 9.35. The molecular weight excluding hydrogens is 396 g/mol. The van der Waals surface area contributed by atoms with Gasteiger partial charge >= 0.3 is 0 Å². The van der Waals surface area contributed by atoms with Crippen LogP contribution in [0.2, 0.25) is 0 Å². The van der Waals surface area contributed by atoms with Gasteiger partial charge in [0.15, 0.2) is 0 Å². The SMILES string of the molecule is COCCNC(=O)c1ccc(NS(=O)(=O)c2ccc(Br)cc2)cc1. The first kappa shape index (κ1) is 18.4. The number of carbonyl (C=O) groups excluding carboxylic acids is 1. The summed E-state index contributed by atoms with van der Waals surface area (Å²) < 4.78 is 32.7. The molecule has 24 heavy (non-hydrogen) atoms. The van der Waals surface area contributed by atoms with Crippen molar-refractivity contribution in [1.29, 1.82) is 0 Å². The lowest BCUT2D eigenvalue weighted by Crippen LogP contribution is -2.26. The zero-order valence-corrected chi connectivity index (χ0v) is 15.4. The average Bonchev–Trinajstić information content (AvgIpc) is 2.55. The maximum Gasteiger partial charge on any atom is 0.261 e. The van der Waals surface area contributed by atoms with Crippen molar-refractivity contribution in [2.75, 3.05) is 25.0 Å². The molecule has 0 radical (unpaired) electrons. The number of ether oxygens (including phenoxy) is 1. The van der Waals surface area contributed by atoms with Crippen LogP contribution in [0.1, 0.15) is 10.4 Å². The van der Waals surface area contributed by atoms with Gasteiger partial charge in [0.05, 0.1) is 11.5 Å². The molecule has 2 aromatic rings. The molecule has 0 spiro atoms. The van der Waals surface area contributed by atoms with Gasteiger partial charge in [-0.25, -0.2) is 8.42 Å². The minimum Gasteiger partial charge on any atom is -0.383 e. The molecule has 0 unspecified atom stereocenters. The Kier molecular flexibility index (Phi) is 6.36. The summed E-state index contributed by atoms with van der Waals surface area (Å²) >= 11 is 3.26. The highest BCUT2D eigenvalue weighted by Gasteiger charge is 2.14. The quantitative estimate of drug-likeness (QED) is 0.684. The minimum absolute atomic E-state index is 0.159. The van der Waals surface area contributed by atoms with Crippen LogP contribution in [0.15, 0.2) is 57.9 Å². The number of methoxy groups -OCH3 is 1. The summed E-state index contributed by atoms with van der Waals surface area (Å²) in [6, 6.07) is 12.5. The smallest absolute Gasteiger partial charge is 0.261 e. The first-order valence-electron chi connectivity index (χ1n) is 7.08. The zero-order valence-electron chi connectivity index (χ0n) is 13.0. The van der Waals surface area contributed by atoms with Gasteiger partial charge in [-0.3, -0.25) is 9.52 Å². The van der Waals surface area contributed by atoms with Crippen LogP contribution >= 0.6 is 15.9 Å². The molecule has 128 valence electrons. The molecule has 0 atom stereocenters. The van der Waals surface area contributed by atoms with Crippen molar-refractivity contribution in [1.82, 2.24) is 5.32 Å². The number of halogens is 1. The maximum atomic E-state index is 12.3. The fraction of sp³-hybridized carbons (Fsp3) is 0.188. The van der Waals surface area contributed by atoms with E-state index in [2.05, 4.69) is 26.0 Å². The number of anilines is 1. The van der Waals surface area contributed by atoms with E-state index in [0.29, 0.717) is 24.4 Å². The van der Waals surface area contributed by atoms with Crippen molar-refractivity contribution in [3.63, 3.8) is 0 Å². The predicted octanol–water partition coefficient (Wildman–Crippen LogP) is 2.63. The van der Waals surface area contributed by atoms with Crippen LogP contribution in [-0.4, -0.2) is 34.6 Å². The predicted molar refractivity (Wildman–Crippen MR) is 95.6 cm³/mol. The molecule has 0 aliphatic rings. The summed E-state index contributed by atoms with van der Waals surface area (Å²) in [5.74, 6) is -0.241. The average molecular weight is 413 g/mol. The van der Waals surface area contributed by atoms with E-state index in [0.717, 1.165) is 4.47 Å². The largest absolute Gasteiger partial charge is 0.383 e. The van der Waals surface area contributed by atoms with Gasteiger partial charge in [-0.15, -0.1) is 0 Å². The van der Waals surface area contributed by atoms with Crippen LogP contribution in [0.25, 0.3) is 0 Å². The van der Waals surface area contributed by atoms with E-state index >= 15 is 0 Å². The number of amides is 1. The lowest BCUT2D eigenvalue weighted by Gasteiger charge is -2.09. The van der Waals surface area contributed by atoms with E-state index in [1.165, 1.54) is 12.1 Å². The Morgan fingerprint density at radius 2 is 1.71 bits per heavy atom. The summed E-state index contributed by atoms with van der Waals surface area (Å²) in [5.41, 5.74) is 0.823. The molecule has 0 heterocycles. The molecule has 0 aromatic heterocycles. The van der Waals surface area contributed by atoms with Crippen LogP contribution in [-0.2, 0) is 14.8 Å². The molecule has 2 rings (SSSR count). The number of hydrogen-bond donors (Lipinski definition) is 2. The topological polar surface area (TPSA) is 84.5 Å². The molecular formula is C16H17BrN2O4S. The summed E-state index contributed by atoms with van der Waals surface area (Å²) in [5, 5.41) is 2.69. The Morgan fingerprint density at radius 1 is 1.08 bits per heavy atom. The maximum absolute atomic E-state index is 12.3. The van der Waals surface area contributed by atoms with Crippen molar-refractivity contribution in [3.05, 3.63) is 58.6 Å². The lowest BCUT2D eigenvalue weighted by molar-refractivity contribution is 0.0937. The third-order valence-corrected chi connectivity index (χ3v) is 5.04. The highest BCUT2D eigenvalue weighted by atomic mass is 79.9. The second kappa shape index (κ2) is 8.27. The van der Waals surface area contributed by atoms with Gasteiger partial charge in [0.25, 0.3) is 15.9 Å². The molecule has 0 aliphatic carbocycles. The molecule has 2 N–H and O–H groups in total. The summed E-state index contributed by atoms with van der Waals surface area (Å²) in [6.45, 7) is 0.837. The summed E-state index contributed by atoms with van der Waals surface area (Å²) in [6.07, 6.45) is 0. The molecule has 0 fully saturated rings. The Hall–Kier alpha value is -1.90. The van der Waals surface area contributed by atoms with Crippen LogP contribution in [0.3, 0.4) is 0 Å². The third-order valence-electron chi connectivity index (χ3n) is 3.11. The van der Waals surface area contributed by atoms with Crippen molar-refractivity contribution in [2.45, 2.75) is 4.90 Å². The highest BCUT2D eigenvalue weighted by Crippen LogP contribution is 2.19. The normalized spacial score (nSPS) is 11.1. The fourth-order valence-electron chi connectivity index (χ4n) is 1.89. The van der Waals surface area contributed by atoms with E-state index in [-0.39, 0.29) is 10.8 Å².